The molecule has 0 atom stereocenters. The number of aromatic nitrogens is 5. The van der Waals surface area contributed by atoms with Crippen LogP contribution in [-0.2, 0) is 6.42 Å². The highest BCUT2D eigenvalue weighted by atomic mass is 79.9. The van der Waals surface area contributed by atoms with Crippen molar-refractivity contribution in [3.05, 3.63) is 110 Å². The molecule has 0 fully saturated rings. The number of hydrogen-bond donors (Lipinski definition) is 2. The van der Waals surface area contributed by atoms with Crippen LogP contribution >= 0.6 is 47.8 Å². The van der Waals surface area contributed by atoms with Crippen LogP contribution < -0.4 is 0 Å². The summed E-state index contributed by atoms with van der Waals surface area (Å²) in [5, 5.41) is 0. The summed E-state index contributed by atoms with van der Waals surface area (Å²) in [5.41, 5.74) is 7.70. The van der Waals surface area contributed by atoms with Crippen molar-refractivity contribution in [1.29, 1.82) is 0 Å². The molecule has 0 unspecified atom stereocenters. The van der Waals surface area contributed by atoms with Gasteiger partial charge in [0.15, 0.2) is 0 Å². The third-order valence-electron chi connectivity index (χ3n) is 5.82. The van der Waals surface area contributed by atoms with Crippen LogP contribution in [0, 0.1) is 0 Å². The minimum absolute atomic E-state index is 0.794. The normalized spacial score (nSPS) is 11.4. The second-order valence-electron chi connectivity index (χ2n) is 8.16. The first kappa shape index (κ1) is 22.5. The van der Waals surface area contributed by atoms with Crippen molar-refractivity contribution >= 4 is 86.7 Å². The zero-order valence-corrected chi connectivity index (χ0v) is 23.0. The van der Waals surface area contributed by atoms with Crippen molar-refractivity contribution in [2.45, 2.75) is 6.42 Å². The van der Waals surface area contributed by atoms with Crippen LogP contribution in [-0.4, -0.2) is 24.3 Å². The van der Waals surface area contributed by atoms with E-state index in [-0.39, 0.29) is 0 Å². The SMILES string of the molecule is Brc1ccc(Cc2nc3ccccc3[nH]2)c(Br)c1.Brc1ccc2nc3[nH]c4ccccc4n3c2c1. The number of imidazole rings is 3. The Morgan fingerprint density at radius 2 is 1.40 bits per heavy atom. The molecular weight excluding hydrogens is 634 g/mol. The molecule has 3 heterocycles. The van der Waals surface area contributed by atoms with E-state index in [0.29, 0.717) is 0 Å². The number of rotatable bonds is 2. The molecule has 2 N–H and O–H groups in total. The highest BCUT2D eigenvalue weighted by Crippen LogP contribution is 2.26. The van der Waals surface area contributed by atoms with Crippen LogP contribution in [0.3, 0.4) is 0 Å². The van der Waals surface area contributed by atoms with Crippen LogP contribution in [0.2, 0.25) is 0 Å². The van der Waals surface area contributed by atoms with Crippen LogP contribution in [0.4, 0.5) is 0 Å². The van der Waals surface area contributed by atoms with Gasteiger partial charge in [-0.05, 0) is 60.2 Å². The van der Waals surface area contributed by atoms with E-state index < -0.39 is 0 Å². The van der Waals surface area contributed by atoms with E-state index in [0.717, 1.165) is 64.5 Å². The molecule has 4 aromatic carbocycles. The lowest BCUT2D eigenvalue weighted by molar-refractivity contribution is 1.03. The lowest BCUT2D eigenvalue weighted by Crippen LogP contribution is -1.91. The van der Waals surface area contributed by atoms with E-state index in [4.69, 9.17) is 0 Å². The lowest BCUT2D eigenvalue weighted by atomic mass is 10.1. The fraction of sp³-hybridized carbons (Fsp3) is 0.0370. The smallest absolute Gasteiger partial charge is 0.213 e. The van der Waals surface area contributed by atoms with Gasteiger partial charge in [-0.1, -0.05) is 78.1 Å². The first-order valence-corrected chi connectivity index (χ1v) is 13.3. The van der Waals surface area contributed by atoms with Gasteiger partial charge in [0.05, 0.1) is 33.1 Å². The molecule has 7 rings (SSSR count). The van der Waals surface area contributed by atoms with Gasteiger partial charge in [0.25, 0.3) is 0 Å². The highest BCUT2D eigenvalue weighted by Gasteiger charge is 2.10. The van der Waals surface area contributed by atoms with E-state index in [1.165, 1.54) is 5.56 Å². The summed E-state index contributed by atoms with van der Waals surface area (Å²) in [6, 6.07) is 28.6. The summed E-state index contributed by atoms with van der Waals surface area (Å²) in [6.07, 6.45) is 0.794. The first-order valence-electron chi connectivity index (χ1n) is 11.0. The Kier molecular flexibility index (Phi) is 5.96. The fourth-order valence-corrected chi connectivity index (χ4v) is 5.74. The van der Waals surface area contributed by atoms with E-state index in [1.54, 1.807) is 0 Å². The molecule has 5 nitrogen and oxygen atoms in total. The quantitative estimate of drug-likeness (QED) is 0.197. The maximum atomic E-state index is 4.58. The Morgan fingerprint density at radius 1 is 0.657 bits per heavy atom. The van der Waals surface area contributed by atoms with Crippen molar-refractivity contribution in [2.75, 3.05) is 0 Å². The van der Waals surface area contributed by atoms with Crippen molar-refractivity contribution in [3.63, 3.8) is 0 Å². The third-order valence-corrected chi connectivity index (χ3v) is 7.54. The van der Waals surface area contributed by atoms with E-state index in [9.17, 15) is 0 Å². The monoisotopic (exact) mass is 649 g/mol. The molecule has 0 aliphatic rings. The van der Waals surface area contributed by atoms with E-state index in [1.807, 2.05) is 54.6 Å². The van der Waals surface area contributed by atoms with Gasteiger partial charge in [0.2, 0.25) is 5.78 Å². The first-order chi connectivity index (χ1) is 17.0. The van der Waals surface area contributed by atoms with E-state index in [2.05, 4.69) is 102 Å². The number of H-pyrrole nitrogens is 2. The summed E-state index contributed by atoms with van der Waals surface area (Å²) in [5.74, 6) is 1.87. The summed E-state index contributed by atoms with van der Waals surface area (Å²) < 4.78 is 5.38. The average Bonchev–Trinajstić information content (AvgIpc) is 3.52. The molecular formula is C27H18Br3N5. The Morgan fingerprint density at radius 3 is 2.23 bits per heavy atom. The summed E-state index contributed by atoms with van der Waals surface area (Å²) >= 11 is 10.5. The lowest BCUT2D eigenvalue weighted by Gasteiger charge is -2.02. The molecule has 172 valence electrons. The molecule has 0 saturated carbocycles. The Balaban J connectivity index is 0.000000131. The molecule has 0 aliphatic heterocycles. The number of aromatic amines is 2. The zero-order valence-electron chi connectivity index (χ0n) is 18.3. The second-order valence-corrected chi connectivity index (χ2v) is 10.8. The number of halogens is 3. The van der Waals surface area contributed by atoms with Gasteiger partial charge in [-0.25, -0.2) is 9.97 Å². The maximum absolute atomic E-state index is 4.58. The topological polar surface area (TPSA) is 61.8 Å². The number of nitrogens with one attached hydrogen (secondary N) is 2. The molecule has 0 bridgehead atoms. The molecule has 3 aromatic heterocycles. The average molecular weight is 652 g/mol. The predicted octanol–water partition coefficient (Wildman–Crippen LogP) is 8.41. The fourth-order valence-electron chi connectivity index (χ4n) is 4.21. The predicted molar refractivity (Wildman–Crippen MR) is 153 cm³/mol. The summed E-state index contributed by atoms with van der Waals surface area (Å²) in [7, 11) is 0. The number of hydrogen-bond acceptors (Lipinski definition) is 2. The Hall–Kier alpha value is -2.94. The molecule has 0 radical (unpaired) electrons. The standard InChI is InChI=1S/C14H10Br2N2.C13H8BrN3/c15-10-6-5-9(11(16)8-10)7-14-17-12-3-1-2-4-13(12)18-14;14-8-5-6-10-12(7-8)17-11-4-2-1-3-9(11)15-13(17)16-10/h1-6,8H,7H2,(H,17,18);1-7H,(H,15,16). The highest BCUT2D eigenvalue weighted by molar-refractivity contribution is 9.11. The van der Waals surface area contributed by atoms with Gasteiger partial charge in [-0.15, -0.1) is 0 Å². The molecule has 0 aliphatic carbocycles. The number of benzene rings is 4. The minimum atomic E-state index is 0.794. The Bertz CT molecular complexity index is 1800. The molecule has 0 amide bonds. The number of fused-ring (bicyclic) bond motifs is 6. The zero-order chi connectivity index (χ0) is 23.9. The van der Waals surface area contributed by atoms with Gasteiger partial charge < -0.3 is 9.97 Å². The van der Waals surface area contributed by atoms with Gasteiger partial charge in [0, 0.05) is 19.8 Å². The molecule has 7 aromatic rings. The van der Waals surface area contributed by atoms with Gasteiger partial charge in [0.1, 0.15) is 5.82 Å². The van der Waals surface area contributed by atoms with Crippen LogP contribution in [0.1, 0.15) is 11.4 Å². The maximum Gasteiger partial charge on any atom is 0.213 e. The number of para-hydroxylation sites is 4. The largest absolute Gasteiger partial charge is 0.342 e. The molecule has 35 heavy (non-hydrogen) atoms. The van der Waals surface area contributed by atoms with E-state index >= 15 is 0 Å². The van der Waals surface area contributed by atoms with Crippen molar-refractivity contribution in [3.8, 4) is 0 Å². The number of nitrogens with zero attached hydrogens (tertiary/aromatic N) is 3. The molecule has 0 spiro atoms. The summed E-state index contributed by atoms with van der Waals surface area (Å²) in [6.45, 7) is 0. The molecule has 8 heteroatoms. The summed E-state index contributed by atoms with van der Waals surface area (Å²) in [4.78, 5) is 15.8. The Labute approximate surface area is 226 Å². The van der Waals surface area contributed by atoms with Crippen molar-refractivity contribution < 1.29 is 0 Å². The van der Waals surface area contributed by atoms with Gasteiger partial charge in [-0.2, -0.15) is 0 Å². The van der Waals surface area contributed by atoms with Crippen LogP contribution in [0.15, 0.2) is 98.3 Å². The van der Waals surface area contributed by atoms with Crippen LogP contribution in [0.25, 0.3) is 38.9 Å². The second kappa shape index (κ2) is 9.26. The van der Waals surface area contributed by atoms with Gasteiger partial charge in [-0.3, -0.25) is 4.40 Å². The van der Waals surface area contributed by atoms with Crippen molar-refractivity contribution in [1.82, 2.24) is 24.3 Å². The minimum Gasteiger partial charge on any atom is -0.342 e. The van der Waals surface area contributed by atoms with Crippen molar-refractivity contribution in [2.24, 2.45) is 0 Å². The van der Waals surface area contributed by atoms with Gasteiger partial charge >= 0.3 is 0 Å². The van der Waals surface area contributed by atoms with Crippen LogP contribution in [0.5, 0.6) is 0 Å². The third kappa shape index (κ3) is 4.42. The molecule has 0 saturated heterocycles.